The molecule has 0 radical (unpaired) electrons. The summed E-state index contributed by atoms with van der Waals surface area (Å²) >= 11 is 9.56. The molecule has 20 heavy (non-hydrogen) atoms. The van der Waals surface area contributed by atoms with Gasteiger partial charge in [0.05, 0.1) is 17.3 Å². The molecule has 0 unspecified atom stereocenters. The Balaban J connectivity index is 2.27. The fraction of sp³-hybridized carbons (Fsp3) is 0.250. The Labute approximate surface area is 133 Å². The minimum absolute atomic E-state index is 0.668. The van der Waals surface area contributed by atoms with Gasteiger partial charge in [-0.3, -0.25) is 0 Å². The van der Waals surface area contributed by atoms with Crippen molar-refractivity contribution >= 4 is 33.2 Å². The fourth-order valence-electron chi connectivity index (χ4n) is 2.21. The molecule has 1 N–H and O–H groups in total. The molecule has 106 valence electrons. The summed E-state index contributed by atoms with van der Waals surface area (Å²) < 4.78 is 6.26. The minimum Gasteiger partial charge on any atom is -0.493 e. The van der Waals surface area contributed by atoms with E-state index in [0.717, 1.165) is 22.5 Å². The summed E-state index contributed by atoms with van der Waals surface area (Å²) in [5.74, 6) is 0.764. The first-order valence-electron chi connectivity index (χ1n) is 6.35. The van der Waals surface area contributed by atoms with Gasteiger partial charge in [0.2, 0.25) is 0 Å². The molecule has 2 nitrogen and oxygen atoms in total. The van der Waals surface area contributed by atoms with Crippen LogP contribution in [-0.2, 0) is 6.54 Å². The van der Waals surface area contributed by atoms with Crippen molar-refractivity contribution in [2.75, 3.05) is 12.4 Å². The number of methoxy groups -OCH3 is 1. The van der Waals surface area contributed by atoms with Crippen LogP contribution >= 0.6 is 27.5 Å². The molecule has 2 rings (SSSR count). The van der Waals surface area contributed by atoms with Crippen LogP contribution in [0.3, 0.4) is 0 Å². The second-order valence-electron chi connectivity index (χ2n) is 4.69. The molecule has 2 aromatic rings. The molecule has 0 bridgehead atoms. The lowest BCUT2D eigenvalue weighted by atomic mass is 10.0. The van der Waals surface area contributed by atoms with Crippen molar-refractivity contribution in [3.63, 3.8) is 0 Å². The Bertz CT molecular complexity index is 608. The summed E-state index contributed by atoms with van der Waals surface area (Å²) in [6.45, 7) is 4.98. The molecule has 0 aliphatic heterocycles. The van der Waals surface area contributed by atoms with Crippen molar-refractivity contribution in [3.05, 3.63) is 56.5 Å². The van der Waals surface area contributed by atoms with Gasteiger partial charge in [-0.2, -0.15) is 0 Å². The normalized spacial score (nSPS) is 10.4. The van der Waals surface area contributed by atoms with Crippen LogP contribution < -0.4 is 10.1 Å². The summed E-state index contributed by atoms with van der Waals surface area (Å²) in [4.78, 5) is 0. The standard InChI is InChI=1S/C16H17BrClNO/c1-10-5-4-6-11(2)13(10)9-19-15-8-12(18)7-14(17)16(15)20-3/h4-8,19H,9H2,1-3H3. The predicted molar refractivity (Wildman–Crippen MR) is 88.9 cm³/mol. The molecule has 0 fully saturated rings. The average molecular weight is 355 g/mol. The Morgan fingerprint density at radius 2 is 1.85 bits per heavy atom. The Hall–Kier alpha value is -1.19. The molecule has 0 aromatic heterocycles. The van der Waals surface area contributed by atoms with Gasteiger partial charge in [-0.05, 0) is 58.6 Å². The molecule has 0 atom stereocenters. The highest BCUT2D eigenvalue weighted by Crippen LogP contribution is 2.36. The van der Waals surface area contributed by atoms with E-state index in [-0.39, 0.29) is 0 Å². The largest absolute Gasteiger partial charge is 0.493 e. The van der Waals surface area contributed by atoms with Crippen LogP contribution in [0.15, 0.2) is 34.8 Å². The highest BCUT2D eigenvalue weighted by Gasteiger charge is 2.10. The van der Waals surface area contributed by atoms with Gasteiger partial charge in [-0.1, -0.05) is 29.8 Å². The smallest absolute Gasteiger partial charge is 0.156 e. The van der Waals surface area contributed by atoms with Gasteiger partial charge in [0.1, 0.15) is 0 Å². The number of hydrogen-bond donors (Lipinski definition) is 1. The molecule has 4 heteroatoms. The van der Waals surface area contributed by atoms with E-state index in [0.29, 0.717) is 5.02 Å². The molecule has 0 spiro atoms. The van der Waals surface area contributed by atoms with E-state index in [1.807, 2.05) is 12.1 Å². The van der Waals surface area contributed by atoms with Gasteiger partial charge in [0.25, 0.3) is 0 Å². The van der Waals surface area contributed by atoms with E-state index in [2.05, 4.69) is 53.3 Å². The van der Waals surface area contributed by atoms with Crippen molar-refractivity contribution in [1.29, 1.82) is 0 Å². The van der Waals surface area contributed by atoms with Gasteiger partial charge in [0, 0.05) is 11.6 Å². The maximum absolute atomic E-state index is 6.10. The average Bonchev–Trinajstić information content (AvgIpc) is 2.37. The first kappa shape index (κ1) is 15.2. The van der Waals surface area contributed by atoms with Gasteiger partial charge >= 0.3 is 0 Å². The maximum atomic E-state index is 6.10. The maximum Gasteiger partial charge on any atom is 0.156 e. The van der Waals surface area contributed by atoms with Crippen molar-refractivity contribution in [2.45, 2.75) is 20.4 Å². The van der Waals surface area contributed by atoms with Crippen LogP contribution in [-0.4, -0.2) is 7.11 Å². The lowest BCUT2D eigenvalue weighted by Crippen LogP contribution is -2.05. The zero-order chi connectivity index (χ0) is 14.7. The van der Waals surface area contributed by atoms with Crippen LogP contribution in [0, 0.1) is 13.8 Å². The Morgan fingerprint density at radius 3 is 2.45 bits per heavy atom. The van der Waals surface area contributed by atoms with E-state index >= 15 is 0 Å². The number of hydrogen-bond acceptors (Lipinski definition) is 2. The number of ether oxygens (including phenoxy) is 1. The highest BCUT2D eigenvalue weighted by atomic mass is 79.9. The molecule has 0 aliphatic rings. The van der Waals surface area contributed by atoms with Crippen LogP contribution in [0.5, 0.6) is 5.75 Å². The second-order valence-corrected chi connectivity index (χ2v) is 5.98. The van der Waals surface area contributed by atoms with E-state index in [1.54, 1.807) is 7.11 Å². The molecular formula is C16H17BrClNO. The summed E-state index contributed by atoms with van der Waals surface area (Å²) in [6, 6.07) is 10.0. The number of anilines is 1. The number of rotatable bonds is 4. The summed E-state index contributed by atoms with van der Waals surface area (Å²) in [5.41, 5.74) is 4.73. The first-order valence-corrected chi connectivity index (χ1v) is 7.52. The van der Waals surface area contributed by atoms with Crippen LogP contribution in [0.1, 0.15) is 16.7 Å². The summed E-state index contributed by atoms with van der Waals surface area (Å²) in [6.07, 6.45) is 0. The zero-order valence-electron chi connectivity index (χ0n) is 11.8. The Kier molecular flexibility index (Phi) is 4.95. The van der Waals surface area contributed by atoms with Crippen molar-refractivity contribution in [2.24, 2.45) is 0 Å². The summed E-state index contributed by atoms with van der Waals surface area (Å²) in [7, 11) is 1.65. The number of halogens is 2. The molecule has 0 saturated heterocycles. The second kappa shape index (κ2) is 6.51. The fourth-order valence-corrected chi connectivity index (χ4v) is 3.18. The lowest BCUT2D eigenvalue weighted by Gasteiger charge is -2.15. The van der Waals surface area contributed by atoms with E-state index in [9.17, 15) is 0 Å². The van der Waals surface area contributed by atoms with Crippen LogP contribution in [0.4, 0.5) is 5.69 Å². The highest BCUT2D eigenvalue weighted by molar-refractivity contribution is 9.10. The topological polar surface area (TPSA) is 21.3 Å². The summed E-state index contributed by atoms with van der Waals surface area (Å²) in [5, 5.41) is 4.07. The third kappa shape index (κ3) is 3.28. The van der Waals surface area contributed by atoms with Gasteiger partial charge in [-0.25, -0.2) is 0 Å². The van der Waals surface area contributed by atoms with Gasteiger partial charge in [-0.15, -0.1) is 0 Å². The van der Waals surface area contributed by atoms with Crippen molar-refractivity contribution in [3.8, 4) is 5.75 Å². The van der Waals surface area contributed by atoms with Gasteiger partial charge in [0.15, 0.2) is 5.75 Å². The quantitative estimate of drug-likeness (QED) is 0.800. The number of benzene rings is 2. The molecule has 0 saturated carbocycles. The molecule has 2 aromatic carbocycles. The van der Waals surface area contributed by atoms with Crippen molar-refractivity contribution in [1.82, 2.24) is 0 Å². The minimum atomic E-state index is 0.668. The SMILES string of the molecule is COc1c(Br)cc(Cl)cc1NCc1c(C)cccc1C. The lowest BCUT2D eigenvalue weighted by molar-refractivity contribution is 0.414. The van der Waals surface area contributed by atoms with E-state index in [1.165, 1.54) is 16.7 Å². The third-order valence-corrected chi connectivity index (χ3v) is 4.12. The van der Waals surface area contributed by atoms with Gasteiger partial charge < -0.3 is 10.1 Å². The van der Waals surface area contributed by atoms with Crippen molar-refractivity contribution < 1.29 is 4.74 Å². The number of nitrogens with one attached hydrogen (secondary N) is 1. The first-order chi connectivity index (χ1) is 9.52. The van der Waals surface area contributed by atoms with E-state index in [4.69, 9.17) is 16.3 Å². The zero-order valence-corrected chi connectivity index (χ0v) is 14.1. The van der Waals surface area contributed by atoms with Crippen LogP contribution in [0.2, 0.25) is 5.02 Å². The monoisotopic (exact) mass is 353 g/mol. The van der Waals surface area contributed by atoms with E-state index < -0.39 is 0 Å². The third-order valence-electron chi connectivity index (χ3n) is 3.31. The van der Waals surface area contributed by atoms with Crippen LogP contribution in [0.25, 0.3) is 0 Å². The Morgan fingerprint density at radius 1 is 1.20 bits per heavy atom. The molecule has 0 heterocycles. The molecule has 0 amide bonds. The molecule has 0 aliphatic carbocycles. The molecular weight excluding hydrogens is 338 g/mol. The number of aryl methyl sites for hydroxylation is 2. The predicted octanol–water partition coefficient (Wildman–Crippen LogP) is 5.34.